The van der Waals surface area contributed by atoms with Gasteiger partial charge in [-0.05, 0) is 68.3 Å². The normalized spacial score (nSPS) is 11.7. The Bertz CT molecular complexity index is 1150. The van der Waals surface area contributed by atoms with Gasteiger partial charge in [0.1, 0.15) is 11.8 Å². The largest absolute Gasteiger partial charge is 0.497 e. The smallest absolute Gasteiger partial charge is 0.251 e. The number of hydrogen-bond donors (Lipinski definition) is 3. The molecule has 1 atom stereocenters. The fourth-order valence-electron chi connectivity index (χ4n) is 3.28. The van der Waals surface area contributed by atoms with Crippen LogP contribution in [0.2, 0.25) is 0 Å². The van der Waals surface area contributed by atoms with Gasteiger partial charge in [0, 0.05) is 17.8 Å². The molecular weight excluding hydrogens is 454 g/mol. The van der Waals surface area contributed by atoms with Crippen LogP contribution in [-0.2, 0) is 11.3 Å². The number of carbonyl (C=O) groups excluding carboxylic acids is 2. The molecule has 1 unspecified atom stereocenters. The maximum Gasteiger partial charge on any atom is 0.251 e. The van der Waals surface area contributed by atoms with E-state index in [9.17, 15) is 14.7 Å². The Morgan fingerprint density at radius 1 is 1.12 bits per heavy atom. The zero-order valence-corrected chi connectivity index (χ0v) is 20.5. The average molecular weight is 484 g/mol. The molecule has 2 amide bonds. The zero-order chi connectivity index (χ0) is 24.7. The van der Waals surface area contributed by atoms with E-state index in [1.54, 1.807) is 35.9 Å². The van der Waals surface area contributed by atoms with E-state index >= 15 is 0 Å². The van der Waals surface area contributed by atoms with Crippen LogP contribution in [0.5, 0.6) is 5.75 Å². The standard InChI is InChI=1S/C24H29N5O4S/c1-5-29-22(20(13-30)26-23(32)17-7-10-19(33-4)11-8-17)27-28-24(29)34-14-21(31)25-18-9-6-15(2)16(3)12-18/h6-12,20,30H,5,13-14H2,1-4H3,(H,25,31)(H,26,32). The number of carbonyl (C=O) groups is 2. The van der Waals surface area contributed by atoms with E-state index < -0.39 is 6.04 Å². The molecule has 0 aliphatic rings. The van der Waals surface area contributed by atoms with Gasteiger partial charge in [-0.2, -0.15) is 0 Å². The maximum atomic E-state index is 12.6. The molecule has 1 heterocycles. The lowest BCUT2D eigenvalue weighted by Crippen LogP contribution is -2.32. The van der Waals surface area contributed by atoms with E-state index in [1.165, 1.54) is 11.8 Å². The van der Waals surface area contributed by atoms with Crippen LogP contribution in [0.25, 0.3) is 0 Å². The monoisotopic (exact) mass is 483 g/mol. The highest BCUT2D eigenvalue weighted by molar-refractivity contribution is 7.99. The van der Waals surface area contributed by atoms with Gasteiger partial charge >= 0.3 is 0 Å². The number of rotatable bonds is 10. The molecule has 0 spiro atoms. The first-order valence-electron chi connectivity index (χ1n) is 10.8. The fourth-order valence-corrected chi connectivity index (χ4v) is 4.09. The lowest BCUT2D eigenvalue weighted by molar-refractivity contribution is -0.113. The molecule has 34 heavy (non-hydrogen) atoms. The summed E-state index contributed by atoms with van der Waals surface area (Å²) in [7, 11) is 1.55. The Labute approximate surface area is 202 Å². The van der Waals surface area contributed by atoms with Crippen LogP contribution in [0.15, 0.2) is 47.6 Å². The maximum absolute atomic E-state index is 12.6. The molecule has 0 aliphatic carbocycles. The number of amides is 2. The van der Waals surface area contributed by atoms with E-state index in [0.29, 0.717) is 28.8 Å². The molecule has 3 aromatic rings. The summed E-state index contributed by atoms with van der Waals surface area (Å²) in [6, 6.07) is 11.7. The number of aliphatic hydroxyl groups excluding tert-OH is 1. The minimum Gasteiger partial charge on any atom is -0.497 e. The molecule has 0 saturated heterocycles. The van der Waals surface area contributed by atoms with Crippen molar-refractivity contribution in [1.29, 1.82) is 0 Å². The molecule has 3 N–H and O–H groups in total. The van der Waals surface area contributed by atoms with Crippen LogP contribution in [0.3, 0.4) is 0 Å². The topological polar surface area (TPSA) is 118 Å². The van der Waals surface area contributed by atoms with Crippen molar-refractivity contribution >= 4 is 29.3 Å². The Kier molecular flexibility index (Phi) is 8.67. The summed E-state index contributed by atoms with van der Waals surface area (Å²) in [4.78, 5) is 25.1. The number of aliphatic hydroxyl groups is 1. The van der Waals surface area contributed by atoms with Gasteiger partial charge in [-0.15, -0.1) is 10.2 Å². The van der Waals surface area contributed by atoms with E-state index in [2.05, 4.69) is 20.8 Å². The number of aryl methyl sites for hydroxylation is 2. The van der Waals surface area contributed by atoms with Crippen LogP contribution < -0.4 is 15.4 Å². The van der Waals surface area contributed by atoms with Gasteiger partial charge in [-0.1, -0.05) is 17.8 Å². The predicted octanol–water partition coefficient (Wildman–Crippen LogP) is 3.12. The molecule has 2 aromatic carbocycles. The van der Waals surface area contributed by atoms with Gasteiger partial charge in [0.05, 0.1) is 19.5 Å². The van der Waals surface area contributed by atoms with Gasteiger partial charge in [0.15, 0.2) is 11.0 Å². The molecule has 180 valence electrons. The van der Waals surface area contributed by atoms with E-state index in [0.717, 1.165) is 16.8 Å². The SMILES string of the molecule is CCn1c(SCC(=O)Nc2ccc(C)c(C)c2)nnc1C(CO)NC(=O)c1ccc(OC)cc1. The van der Waals surface area contributed by atoms with Gasteiger partial charge in [-0.25, -0.2) is 0 Å². The predicted molar refractivity (Wildman–Crippen MR) is 131 cm³/mol. The molecule has 1 aromatic heterocycles. The third-order valence-corrected chi connectivity index (χ3v) is 6.30. The summed E-state index contributed by atoms with van der Waals surface area (Å²) in [5.74, 6) is 0.696. The van der Waals surface area contributed by atoms with Crippen molar-refractivity contribution in [1.82, 2.24) is 20.1 Å². The number of anilines is 1. The number of nitrogens with one attached hydrogen (secondary N) is 2. The van der Waals surface area contributed by atoms with Gasteiger partial charge in [0.25, 0.3) is 5.91 Å². The molecule has 0 bridgehead atoms. The fraction of sp³-hybridized carbons (Fsp3) is 0.333. The van der Waals surface area contributed by atoms with E-state index in [1.807, 2.05) is 39.0 Å². The number of ether oxygens (including phenoxy) is 1. The molecule has 3 rings (SSSR count). The van der Waals surface area contributed by atoms with Crippen LogP contribution in [0, 0.1) is 13.8 Å². The summed E-state index contributed by atoms with van der Waals surface area (Å²) >= 11 is 1.24. The Hall–Kier alpha value is -3.37. The lowest BCUT2D eigenvalue weighted by Gasteiger charge is -2.17. The third-order valence-electron chi connectivity index (χ3n) is 5.34. The zero-order valence-electron chi connectivity index (χ0n) is 19.7. The second kappa shape index (κ2) is 11.7. The van der Waals surface area contributed by atoms with Crippen molar-refractivity contribution < 1.29 is 19.4 Å². The van der Waals surface area contributed by atoms with Crippen molar-refractivity contribution in [2.45, 2.75) is 38.5 Å². The molecule has 9 nitrogen and oxygen atoms in total. The van der Waals surface area contributed by atoms with E-state index in [4.69, 9.17) is 4.74 Å². The first-order valence-corrected chi connectivity index (χ1v) is 11.8. The van der Waals surface area contributed by atoms with Crippen LogP contribution in [0.4, 0.5) is 5.69 Å². The summed E-state index contributed by atoms with van der Waals surface area (Å²) in [5.41, 5.74) is 3.44. The minimum absolute atomic E-state index is 0.146. The molecule has 10 heteroatoms. The van der Waals surface area contributed by atoms with Crippen molar-refractivity contribution in [2.24, 2.45) is 0 Å². The summed E-state index contributed by atoms with van der Waals surface area (Å²) in [6.07, 6.45) is 0. The van der Waals surface area contributed by atoms with Gasteiger partial charge < -0.3 is 25.0 Å². The Balaban J connectivity index is 1.65. The number of aromatic nitrogens is 3. The third kappa shape index (κ3) is 6.15. The second-order valence-electron chi connectivity index (χ2n) is 7.66. The van der Waals surface area contributed by atoms with Crippen LogP contribution >= 0.6 is 11.8 Å². The number of methoxy groups -OCH3 is 1. The van der Waals surface area contributed by atoms with Crippen molar-refractivity contribution in [2.75, 3.05) is 24.8 Å². The Morgan fingerprint density at radius 3 is 2.47 bits per heavy atom. The molecule has 0 radical (unpaired) electrons. The highest BCUT2D eigenvalue weighted by atomic mass is 32.2. The van der Waals surface area contributed by atoms with Gasteiger partial charge in [-0.3, -0.25) is 9.59 Å². The number of benzene rings is 2. The average Bonchev–Trinajstić information content (AvgIpc) is 3.26. The van der Waals surface area contributed by atoms with Gasteiger partial charge in [0.2, 0.25) is 5.91 Å². The summed E-state index contributed by atoms with van der Waals surface area (Å²) < 4.78 is 6.89. The highest BCUT2D eigenvalue weighted by Crippen LogP contribution is 2.22. The summed E-state index contributed by atoms with van der Waals surface area (Å²) in [6.45, 7) is 6.09. The summed E-state index contributed by atoms with van der Waals surface area (Å²) in [5, 5.41) is 24.5. The van der Waals surface area contributed by atoms with E-state index in [-0.39, 0.29) is 24.2 Å². The minimum atomic E-state index is -0.749. The lowest BCUT2D eigenvalue weighted by atomic mass is 10.1. The molecule has 0 saturated carbocycles. The molecule has 0 aliphatic heterocycles. The van der Waals surface area contributed by atoms with Crippen LogP contribution in [-0.4, -0.2) is 51.2 Å². The highest BCUT2D eigenvalue weighted by Gasteiger charge is 2.23. The van der Waals surface area contributed by atoms with Crippen LogP contribution in [0.1, 0.15) is 40.3 Å². The number of nitrogens with zero attached hydrogens (tertiary/aromatic N) is 3. The second-order valence-corrected chi connectivity index (χ2v) is 8.60. The molecular formula is C24H29N5O4S. The molecule has 0 fully saturated rings. The number of hydrogen-bond acceptors (Lipinski definition) is 7. The number of thioether (sulfide) groups is 1. The quantitative estimate of drug-likeness (QED) is 0.379. The first kappa shape index (κ1) is 25.3. The first-order chi connectivity index (χ1) is 16.4. The van der Waals surface area contributed by atoms with Crippen molar-refractivity contribution in [3.63, 3.8) is 0 Å². The van der Waals surface area contributed by atoms with Crippen molar-refractivity contribution in [3.05, 3.63) is 65.0 Å². The Morgan fingerprint density at radius 2 is 1.85 bits per heavy atom. The van der Waals surface area contributed by atoms with Crippen molar-refractivity contribution in [3.8, 4) is 5.75 Å².